The number of hydrogen-bond acceptors (Lipinski definition) is 6. The lowest BCUT2D eigenvalue weighted by atomic mass is 10.1. The maximum atomic E-state index is 13.3. The highest BCUT2D eigenvalue weighted by molar-refractivity contribution is 6.02. The van der Waals surface area contributed by atoms with Gasteiger partial charge in [0.1, 0.15) is 31.3 Å². The van der Waals surface area contributed by atoms with Crippen LogP contribution in [0.15, 0.2) is 42.5 Å². The normalized spacial score (nSPS) is 13.3. The summed E-state index contributed by atoms with van der Waals surface area (Å²) in [6, 6.07) is 12.4. The van der Waals surface area contributed by atoms with Crippen molar-refractivity contribution < 1.29 is 28.6 Å². The number of aryl methyl sites for hydroxylation is 1. The van der Waals surface area contributed by atoms with Crippen molar-refractivity contribution in [3.8, 4) is 11.5 Å². The molecule has 0 unspecified atom stereocenters. The van der Waals surface area contributed by atoms with E-state index in [0.717, 1.165) is 11.3 Å². The predicted octanol–water partition coefficient (Wildman–Crippen LogP) is 1.93. The van der Waals surface area contributed by atoms with E-state index < -0.39 is 0 Å². The van der Waals surface area contributed by atoms with E-state index in [1.807, 2.05) is 31.2 Å². The highest BCUT2D eigenvalue weighted by atomic mass is 16.5. The van der Waals surface area contributed by atoms with Crippen LogP contribution in [0, 0.1) is 6.92 Å². The lowest BCUT2D eigenvalue weighted by Crippen LogP contribution is -2.44. The molecule has 1 saturated heterocycles. The van der Waals surface area contributed by atoms with Gasteiger partial charge in [0.15, 0.2) is 0 Å². The van der Waals surface area contributed by atoms with Crippen LogP contribution in [0.25, 0.3) is 0 Å². The van der Waals surface area contributed by atoms with E-state index in [-0.39, 0.29) is 50.6 Å². The van der Waals surface area contributed by atoms with Crippen LogP contribution in [0.3, 0.4) is 0 Å². The Morgan fingerprint density at radius 1 is 1.06 bits per heavy atom. The summed E-state index contributed by atoms with van der Waals surface area (Å²) < 4.78 is 15.7. The average Bonchev–Trinajstić information content (AvgIpc) is 3.22. The molecule has 0 radical (unpaired) electrons. The van der Waals surface area contributed by atoms with Crippen LogP contribution in [-0.2, 0) is 14.3 Å². The van der Waals surface area contributed by atoms with Gasteiger partial charge in [0, 0.05) is 25.4 Å². The van der Waals surface area contributed by atoms with E-state index in [2.05, 4.69) is 0 Å². The molecule has 1 aliphatic heterocycles. The molecule has 176 valence electrons. The number of benzene rings is 2. The van der Waals surface area contributed by atoms with Gasteiger partial charge in [-0.1, -0.05) is 12.1 Å². The average molecular weight is 456 g/mol. The van der Waals surface area contributed by atoms with Crippen LogP contribution in [-0.4, -0.2) is 81.8 Å². The maximum absolute atomic E-state index is 13.3. The summed E-state index contributed by atoms with van der Waals surface area (Å²) in [7, 11) is 4.51. The van der Waals surface area contributed by atoms with Gasteiger partial charge in [-0.05, 0) is 36.8 Å². The molecule has 1 fully saturated rings. The fourth-order valence-electron chi connectivity index (χ4n) is 3.60. The number of ether oxygens (including phenoxy) is 3. The van der Waals surface area contributed by atoms with Gasteiger partial charge in [0.2, 0.25) is 11.8 Å². The second-order valence-electron chi connectivity index (χ2n) is 7.68. The van der Waals surface area contributed by atoms with Crippen molar-refractivity contribution in [3.05, 3.63) is 53.6 Å². The summed E-state index contributed by atoms with van der Waals surface area (Å²) >= 11 is 0. The van der Waals surface area contributed by atoms with Crippen LogP contribution in [0.2, 0.25) is 0 Å². The number of carbonyl (C=O) groups excluding carboxylic acids is 3. The molecule has 3 rings (SSSR count). The molecule has 0 N–H and O–H groups in total. The number of amides is 3. The lowest BCUT2D eigenvalue weighted by Gasteiger charge is -2.25. The topological polar surface area (TPSA) is 88.6 Å². The Kier molecular flexibility index (Phi) is 7.89. The highest BCUT2D eigenvalue weighted by Gasteiger charge is 2.33. The molecular weight excluding hydrogens is 426 g/mol. The first-order chi connectivity index (χ1) is 15.9. The van der Waals surface area contributed by atoms with Gasteiger partial charge in [0.05, 0.1) is 26.4 Å². The zero-order valence-electron chi connectivity index (χ0n) is 19.4. The van der Waals surface area contributed by atoms with E-state index in [1.54, 1.807) is 23.1 Å². The first kappa shape index (κ1) is 24.1. The molecule has 9 heteroatoms. The summed E-state index contributed by atoms with van der Waals surface area (Å²) in [6.45, 7) is 2.32. The quantitative estimate of drug-likeness (QED) is 0.574. The van der Waals surface area contributed by atoms with Gasteiger partial charge in [-0.2, -0.15) is 0 Å². The van der Waals surface area contributed by atoms with Crippen LogP contribution in [0.1, 0.15) is 15.9 Å². The van der Waals surface area contributed by atoms with E-state index in [4.69, 9.17) is 14.2 Å². The largest absolute Gasteiger partial charge is 0.497 e. The SMILES string of the molecule is COCCN(CC(=O)N1CC(=O)N(c2cccc(C)c2)C1)C(=O)c1ccc(OC)cc1OC. The molecule has 0 aromatic heterocycles. The zero-order valence-corrected chi connectivity index (χ0v) is 19.4. The predicted molar refractivity (Wildman–Crippen MR) is 123 cm³/mol. The van der Waals surface area contributed by atoms with E-state index in [1.165, 1.54) is 31.1 Å². The van der Waals surface area contributed by atoms with Crippen molar-refractivity contribution in [2.24, 2.45) is 0 Å². The summed E-state index contributed by atoms with van der Waals surface area (Å²) in [4.78, 5) is 43.3. The van der Waals surface area contributed by atoms with Crippen LogP contribution >= 0.6 is 0 Å². The summed E-state index contributed by atoms with van der Waals surface area (Å²) in [5.41, 5.74) is 2.07. The Bertz CT molecular complexity index is 1030. The van der Waals surface area contributed by atoms with Crippen molar-refractivity contribution in [2.45, 2.75) is 6.92 Å². The summed E-state index contributed by atoms with van der Waals surface area (Å²) in [5, 5.41) is 0. The Hall–Kier alpha value is -3.59. The molecule has 3 amide bonds. The molecular formula is C24H29N3O6. The third kappa shape index (κ3) is 5.61. The molecule has 0 saturated carbocycles. The molecule has 1 aliphatic rings. The molecule has 1 heterocycles. The summed E-state index contributed by atoms with van der Waals surface area (Å²) in [6.07, 6.45) is 0. The van der Waals surface area contributed by atoms with Gasteiger partial charge >= 0.3 is 0 Å². The lowest BCUT2D eigenvalue weighted by molar-refractivity contribution is -0.132. The minimum absolute atomic E-state index is 0.0368. The number of nitrogens with zero attached hydrogens (tertiary/aromatic N) is 3. The van der Waals surface area contributed by atoms with Gasteiger partial charge in [-0.3, -0.25) is 19.3 Å². The van der Waals surface area contributed by atoms with E-state index >= 15 is 0 Å². The smallest absolute Gasteiger partial charge is 0.258 e. The number of anilines is 1. The van der Waals surface area contributed by atoms with Crippen molar-refractivity contribution in [1.82, 2.24) is 9.80 Å². The first-order valence-corrected chi connectivity index (χ1v) is 10.5. The van der Waals surface area contributed by atoms with Crippen LogP contribution in [0.4, 0.5) is 5.69 Å². The van der Waals surface area contributed by atoms with Crippen molar-refractivity contribution in [1.29, 1.82) is 0 Å². The number of carbonyl (C=O) groups is 3. The molecule has 2 aromatic carbocycles. The maximum Gasteiger partial charge on any atom is 0.258 e. The fraction of sp³-hybridized carbons (Fsp3) is 0.375. The van der Waals surface area contributed by atoms with Crippen molar-refractivity contribution >= 4 is 23.4 Å². The van der Waals surface area contributed by atoms with Crippen LogP contribution < -0.4 is 14.4 Å². The number of methoxy groups -OCH3 is 3. The fourth-order valence-corrected chi connectivity index (χ4v) is 3.60. The Labute approximate surface area is 193 Å². The van der Waals surface area contributed by atoms with Gasteiger partial charge in [-0.15, -0.1) is 0 Å². The van der Waals surface area contributed by atoms with Gasteiger partial charge in [0.25, 0.3) is 5.91 Å². The number of hydrogen-bond donors (Lipinski definition) is 0. The molecule has 0 aliphatic carbocycles. The van der Waals surface area contributed by atoms with Crippen LogP contribution in [0.5, 0.6) is 11.5 Å². The highest BCUT2D eigenvalue weighted by Crippen LogP contribution is 2.26. The van der Waals surface area contributed by atoms with Crippen molar-refractivity contribution in [3.63, 3.8) is 0 Å². The Morgan fingerprint density at radius 3 is 2.52 bits per heavy atom. The molecule has 0 spiro atoms. The molecule has 33 heavy (non-hydrogen) atoms. The third-order valence-corrected chi connectivity index (χ3v) is 5.42. The molecule has 2 aromatic rings. The van der Waals surface area contributed by atoms with E-state index in [0.29, 0.717) is 17.1 Å². The Morgan fingerprint density at radius 2 is 1.85 bits per heavy atom. The van der Waals surface area contributed by atoms with Gasteiger partial charge < -0.3 is 24.0 Å². The zero-order chi connectivity index (χ0) is 24.0. The molecule has 0 atom stereocenters. The third-order valence-electron chi connectivity index (χ3n) is 5.42. The van der Waals surface area contributed by atoms with Gasteiger partial charge in [-0.25, -0.2) is 0 Å². The standard InChI is InChI=1S/C24H29N3O6/c1-17-6-5-7-18(12-17)27-16-26(15-23(27)29)22(28)14-25(10-11-31-2)24(30)20-9-8-19(32-3)13-21(20)33-4/h5-9,12-13H,10-11,14-16H2,1-4H3. The summed E-state index contributed by atoms with van der Waals surface area (Å²) in [5.74, 6) is 0.0304. The number of rotatable bonds is 9. The monoisotopic (exact) mass is 455 g/mol. The molecule has 9 nitrogen and oxygen atoms in total. The second-order valence-corrected chi connectivity index (χ2v) is 7.68. The minimum atomic E-state index is -0.374. The first-order valence-electron chi connectivity index (χ1n) is 10.5. The van der Waals surface area contributed by atoms with E-state index in [9.17, 15) is 14.4 Å². The Balaban J connectivity index is 1.75. The van der Waals surface area contributed by atoms with Crippen molar-refractivity contribution in [2.75, 3.05) is 59.1 Å². The minimum Gasteiger partial charge on any atom is -0.497 e. The molecule has 0 bridgehead atoms. The second kappa shape index (κ2) is 10.8.